The van der Waals surface area contributed by atoms with E-state index in [1.807, 2.05) is 25.3 Å². The fourth-order valence-electron chi connectivity index (χ4n) is 1.27. The molecule has 1 rings (SSSR count). The molecule has 1 heterocycles. The highest BCUT2D eigenvalue weighted by Gasteiger charge is 2.06. The van der Waals surface area contributed by atoms with Gasteiger partial charge in [0.1, 0.15) is 0 Å². The van der Waals surface area contributed by atoms with E-state index in [9.17, 15) is 4.79 Å². The van der Waals surface area contributed by atoms with Crippen LogP contribution in [0.5, 0.6) is 0 Å². The average Bonchev–Trinajstić information content (AvgIpc) is 2.32. The highest BCUT2D eigenvalue weighted by atomic mass is 16.5. The Hall–Kier alpha value is -1.68. The van der Waals surface area contributed by atoms with Crippen LogP contribution in [0.25, 0.3) is 0 Å². The number of pyridine rings is 1. The molecule has 1 aromatic rings. The summed E-state index contributed by atoms with van der Waals surface area (Å²) in [4.78, 5) is 15.4. The number of rotatable bonds is 6. The first-order valence-corrected chi connectivity index (χ1v) is 5.60. The number of esters is 1. The Bertz CT molecular complexity index is 385. The van der Waals surface area contributed by atoms with Crippen LogP contribution in [-0.2, 0) is 16.1 Å². The third-order valence-electron chi connectivity index (χ3n) is 2.20. The van der Waals surface area contributed by atoms with Gasteiger partial charge in [-0.05, 0) is 25.5 Å². The van der Waals surface area contributed by atoms with Crippen molar-refractivity contribution in [1.82, 2.24) is 10.3 Å². The molecular weight excluding hydrogens is 216 g/mol. The molecule has 0 bridgehead atoms. The molecule has 0 fully saturated rings. The molecule has 0 spiro atoms. The lowest BCUT2D eigenvalue weighted by Crippen LogP contribution is -2.21. The summed E-state index contributed by atoms with van der Waals surface area (Å²) in [5, 5.41) is 3.12. The molecule has 0 aliphatic carbocycles. The van der Waals surface area contributed by atoms with Gasteiger partial charge in [-0.2, -0.15) is 0 Å². The molecule has 0 aliphatic heterocycles. The van der Waals surface area contributed by atoms with Crippen LogP contribution in [0.3, 0.4) is 0 Å². The van der Waals surface area contributed by atoms with Gasteiger partial charge in [0.25, 0.3) is 0 Å². The van der Waals surface area contributed by atoms with Crippen LogP contribution in [-0.4, -0.2) is 24.1 Å². The maximum Gasteiger partial charge on any atom is 0.334 e. The van der Waals surface area contributed by atoms with Crippen LogP contribution in [0.2, 0.25) is 0 Å². The number of carbonyl (C=O) groups excluding carboxylic acids is 1. The fraction of sp³-hybridized carbons (Fsp3) is 0.385. The Morgan fingerprint density at radius 2 is 2.29 bits per heavy atom. The highest BCUT2D eigenvalue weighted by molar-refractivity contribution is 5.88. The molecule has 1 N–H and O–H groups in total. The maximum atomic E-state index is 11.3. The van der Waals surface area contributed by atoms with Crippen LogP contribution < -0.4 is 5.32 Å². The monoisotopic (exact) mass is 234 g/mol. The van der Waals surface area contributed by atoms with E-state index in [-0.39, 0.29) is 5.97 Å². The molecule has 0 atom stereocenters. The lowest BCUT2D eigenvalue weighted by Gasteiger charge is -2.07. The van der Waals surface area contributed by atoms with Gasteiger partial charge in [-0.1, -0.05) is 12.6 Å². The van der Waals surface area contributed by atoms with Crippen LogP contribution in [0.4, 0.5) is 0 Å². The molecule has 0 saturated heterocycles. The van der Waals surface area contributed by atoms with E-state index < -0.39 is 0 Å². The van der Waals surface area contributed by atoms with Crippen LogP contribution in [0.15, 0.2) is 30.5 Å². The second-order valence-corrected chi connectivity index (χ2v) is 3.74. The molecule has 0 amide bonds. The van der Waals surface area contributed by atoms with Crippen molar-refractivity contribution in [1.29, 1.82) is 0 Å². The molecule has 17 heavy (non-hydrogen) atoms. The van der Waals surface area contributed by atoms with Crippen LogP contribution in [0.1, 0.15) is 18.2 Å². The van der Waals surface area contributed by atoms with Crippen molar-refractivity contribution >= 4 is 5.97 Å². The summed E-state index contributed by atoms with van der Waals surface area (Å²) in [6.07, 6.45) is 1.81. The first kappa shape index (κ1) is 13.4. The molecule has 0 aliphatic rings. The molecule has 4 nitrogen and oxygen atoms in total. The minimum atomic E-state index is -0.345. The van der Waals surface area contributed by atoms with Gasteiger partial charge in [-0.25, -0.2) is 4.79 Å². The molecule has 92 valence electrons. The summed E-state index contributed by atoms with van der Waals surface area (Å²) < 4.78 is 4.83. The van der Waals surface area contributed by atoms with E-state index in [1.54, 1.807) is 6.92 Å². The summed E-state index contributed by atoms with van der Waals surface area (Å²) >= 11 is 0. The number of nitrogens with zero attached hydrogens (tertiary/aromatic N) is 1. The molecule has 0 saturated carbocycles. The van der Waals surface area contributed by atoms with E-state index in [4.69, 9.17) is 4.74 Å². The quantitative estimate of drug-likeness (QED) is 0.600. The second kappa shape index (κ2) is 6.81. The van der Waals surface area contributed by atoms with E-state index in [2.05, 4.69) is 16.9 Å². The summed E-state index contributed by atoms with van der Waals surface area (Å²) in [7, 11) is 0. The second-order valence-electron chi connectivity index (χ2n) is 3.74. The predicted molar refractivity (Wildman–Crippen MR) is 66.5 cm³/mol. The zero-order valence-electron chi connectivity index (χ0n) is 10.3. The maximum absolute atomic E-state index is 11.3. The van der Waals surface area contributed by atoms with Gasteiger partial charge in [0.15, 0.2) is 0 Å². The smallest absolute Gasteiger partial charge is 0.334 e. The van der Waals surface area contributed by atoms with Crippen molar-refractivity contribution in [3.05, 3.63) is 41.7 Å². The predicted octanol–water partition coefficient (Wildman–Crippen LogP) is 1.60. The first-order valence-electron chi connectivity index (χ1n) is 5.60. The minimum absolute atomic E-state index is 0.345. The summed E-state index contributed by atoms with van der Waals surface area (Å²) in [5.74, 6) is -0.345. The first-order chi connectivity index (χ1) is 8.13. The van der Waals surface area contributed by atoms with Gasteiger partial charge >= 0.3 is 5.97 Å². The zero-order chi connectivity index (χ0) is 12.7. The third kappa shape index (κ3) is 4.78. The van der Waals surface area contributed by atoms with Gasteiger partial charge in [0.2, 0.25) is 0 Å². The molecule has 4 heteroatoms. The Morgan fingerprint density at radius 3 is 2.88 bits per heavy atom. The van der Waals surface area contributed by atoms with Crippen LogP contribution in [0, 0.1) is 6.92 Å². The van der Waals surface area contributed by atoms with E-state index in [1.165, 1.54) is 0 Å². The number of ether oxygens (including phenoxy) is 1. The Labute approximate surface area is 102 Å². The lowest BCUT2D eigenvalue weighted by atomic mass is 10.2. The van der Waals surface area contributed by atoms with Gasteiger partial charge in [-0.3, -0.25) is 4.98 Å². The summed E-state index contributed by atoms with van der Waals surface area (Å²) in [6, 6.07) is 3.96. The SMILES string of the molecule is C=C(CNCc1ccc(C)nc1)C(=O)OCC. The van der Waals surface area contributed by atoms with Crippen molar-refractivity contribution in [3.8, 4) is 0 Å². The number of aryl methyl sites for hydroxylation is 1. The van der Waals surface area contributed by atoms with Gasteiger partial charge in [0, 0.05) is 30.6 Å². The van der Waals surface area contributed by atoms with Crippen molar-refractivity contribution in [3.63, 3.8) is 0 Å². The number of hydrogen-bond donors (Lipinski definition) is 1. The molecule has 0 unspecified atom stereocenters. The average molecular weight is 234 g/mol. The van der Waals surface area contributed by atoms with Gasteiger partial charge in [0.05, 0.1) is 6.61 Å². The molecular formula is C13H18N2O2. The van der Waals surface area contributed by atoms with E-state index in [0.29, 0.717) is 25.3 Å². The molecule has 0 radical (unpaired) electrons. The van der Waals surface area contributed by atoms with Crippen molar-refractivity contribution < 1.29 is 9.53 Å². The number of carbonyl (C=O) groups is 1. The van der Waals surface area contributed by atoms with Crippen molar-refractivity contribution in [2.24, 2.45) is 0 Å². The Balaban J connectivity index is 2.30. The molecule has 0 aromatic carbocycles. The molecule has 1 aromatic heterocycles. The van der Waals surface area contributed by atoms with E-state index in [0.717, 1.165) is 11.3 Å². The van der Waals surface area contributed by atoms with Crippen molar-refractivity contribution in [2.75, 3.05) is 13.2 Å². The van der Waals surface area contributed by atoms with Crippen LogP contribution >= 0.6 is 0 Å². The zero-order valence-corrected chi connectivity index (χ0v) is 10.3. The summed E-state index contributed by atoms with van der Waals surface area (Å²) in [6.45, 7) is 8.84. The largest absolute Gasteiger partial charge is 0.463 e. The standard InChI is InChI=1S/C13H18N2O2/c1-4-17-13(16)10(2)7-14-8-12-6-5-11(3)15-9-12/h5-6,9,14H,2,4,7-8H2,1,3H3. The lowest BCUT2D eigenvalue weighted by molar-refractivity contribution is -0.138. The topological polar surface area (TPSA) is 51.2 Å². The third-order valence-corrected chi connectivity index (χ3v) is 2.20. The number of nitrogens with one attached hydrogen (secondary N) is 1. The van der Waals surface area contributed by atoms with Gasteiger partial charge < -0.3 is 10.1 Å². The number of aromatic nitrogens is 1. The van der Waals surface area contributed by atoms with Gasteiger partial charge in [-0.15, -0.1) is 0 Å². The Morgan fingerprint density at radius 1 is 1.53 bits per heavy atom. The van der Waals surface area contributed by atoms with Crippen molar-refractivity contribution in [2.45, 2.75) is 20.4 Å². The Kier molecular flexibility index (Phi) is 5.36. The fourth-order valence-corrected chi connectivity index (χ4v) is 1.27. The number of hydrogen-bond acceptors (Lipinski definition) is 4. The summed E-state index contributed by atoms with van der Waals surface area (Å²) in [5.41, 5.74) is 2.50. The highest BCUT2D eigenvalue weighted by Crippen LogP contribution is 1.99. The minimum Gasteiger partial charge on any atom is -0.463 e. The van der Waals surface area contributed by atoms with E-state index >= 15 is 0 Å². The normalized spacial score (nSPS) is 10.0.